The number of anilines is 1. The number of carbonyl (C=O) groups is 2. The maximum Gasteiger partial charge on any atom is 0.300 e. The maximum atomic E-state index is 13.2. The van der Waals surface area contributed by atoms with Crippen LogP contribution in [0.4, 0.5) is 5.69 Å². The van der Waals surface area contributed by atoms with E-state index in [1.54, 1.807) is 55.5 Å². The van der Waals surface area contributed by atoms with Crippen LogP contribution in [-0.4, -0.2) is 23.4 Å². The topological polar surface area (TPSA) is 80.0 Å². The van der Waals surface area contributed by atoms with Gasteiger partial charge in [-0.05, 0) is 79.9 Å². The monoisotopic (exact) mass is 493 g/mol. The molecular weight excluding hydrogens is 474 g/mol. The number of furan rings is 1. The summed E-state index contributed by atoms with van der Waals surface area (Å²) in [5.74, 6) is 0.143. The number of ether oxygens (including phenoxy) is 1. The second kappa shape index (κ2) is 7.98. The average molecular weight is 494 g/mol. The Balaban J connectivity index is 1.68. The molecule has 3 heterocycles. The van der Waals surface area contributed by atoms with Gasteiger partial charge in [0.05, 0.1) is 12.2 Å². The highest BCUT2D eigenvalue weighted by Gasteiger charge is 2.48. The zero-order valence-electron chi connectivity index (χ0n) is 17.3. The number of fused-ring (bicyclic) bond motifs is 1. The highest BCUT2D eigenvalue weighted by Crippen LogP contribution is 2.43. The third kappa shape index (κ3) is 3.42. The number of carbonyl (C=O) groups excluding carboxylic acids is 2. The maximum absolute atomic E-state index is 13.2. The number of rotatable bonds is 3. The third-order valence-corrected chi connectivity index (χ3v) is 6.29. The Hall–Kier alpha value is -3.32. The van der Waals surface area contributed by atoms with Gasteiger partial charge in [0.25, 0.3) is 11.7 Å². The van der Waals surface area contributed by atoms with E-state index in [-0.39, 0.29) is 11.3 Å². The van der Waals surface area contributed by atoms with Gasteiger partial charge in [0.1, 0.15) is 29.1 Å². The van der Waals surface area contributed by atoms with Crippen molar-refractivity contribution < 1.29 is 23.8 Å². The largest absolute Gasteiger partial charge is 0.507 e. The quantitative estimate of drug-likeness (QED) is 0.304. The van der Waals surface area contributed by atoms with Crippen LogP contribution in [0.25, 0.3) is 5.76 Å². The molecule has 6 nitrogen and oxygen atoms in total. The predicted octanol–water partition coefficient (Wildman–Crippen LogP) is 5.30. The number of Topliss-reactive ketones (excluding diaryl/α,β-unsaturated/α-hetero) is 1. The highest BCUT2D eigenvalue weighted by molar-refractivity contribution is 9.10. The first-order valence-electron chi connectivity index (χ1n) is 10.3. The van der Waals surface area contributed by atoms with E-state index in [1.165, 1.54) is 4.90 Å². The first-order valence-corrected chi connectivity index (χ1v) is 11.1. The van der Waals surface area contributed by atoms with Crippen LogP contribution in [-0.2, 0) is 16.0 Å². The fraction of sp³-hybridized carbons (Fsp3) is 0.200. The Morgan fingerprint density at radius 2 is 1.88 bits per heavy atom. The van der Waals surface area contributed by atoms with Gasteiger partial charge in [0.2, 0.25) is 0 Å². The van der Waals surface area contributed by atoms with Gasteiger partial charge in [-0.15, -0.1) is 0 Å². The number of hydrogen-bond acceptors (Lipinski definition) is 5. The van der Waals surface area contributed by atoms with Gasteiger partial charge in [0, 0.05) is 15.7 Å². The number of aliphatic hydroxyl groups excluding tert-OH is 1. The SMILES string of the molecule is Cc1ccc(C2/C(=C(/O)c3ccc4c(c3)CCCO4)C(=O)C(=O)N2c2ccc(Br)cc2)o1. The van der Waals surface area contributed by atoms with Crippen LogP contribution in [0.5, 0.6) is 5.75 Å². The van der Waals surface area contributed by atoms with Gasteiger partial charge in [-0.1, -0.05) is 15.9 Å². The minimum atomic E-state index is -0.878. The molecule has 0 spiro atoms. The van der Waals surface area contributed by atoms with Crippen LogP contribution < -0.4 is 9.64 Å². The molecule has 32 heavy (non-hydrogen) atoms. The second-order valence-corrected chi connectivity index (χ2v) is 8.78. The molecule has 0 bridgehead atoms. The van der Waals surface area contributed by atoms with Crippen molar-refractivity contribution in [2.75, 3.05) is 11.5 Å². The molecule has 0 aliphatic carbocycles. The molecule has 0 saturated carbocycles. The van der Waals surface area contributed by atoms with Crippen molar-refractivity contribution in [3.63, 3.8) is 0 Å². The molecule has 2 aliphatic rings. The Labute approximate surface area is 193 Å². The standard InChI is InChI=1S/C25H20BrNO5/c1-14-4-10-20(32-14)22-21(23(28)16-5-11-19-15(13-16)3-2-12-31-19)24(29)25(30)27(22)18-8-6-17(26)7-9-18/h4-11,13,22,28H,2-3,12H2,1H3/b23-21-. The molecule has 162 valence electrons. The third-order valence-electron chi connectivity index (χ3n) is 5.76. The number of amides is 1. The molecule has 1 fully saturated rings. The fourth-order valence-corrected chi connectivity index (χ4v) is 4.50. The van der Waals surface area contributed by atoms with Gasteiger partial charge in [-0.3, -0.25) is 14.5 Å². The molecule has 1 saturated heterocycles. The van der Waals surface area contributed by atoms with Crippen molar-refractivity contribution in [3.8, 4) is 5.75 Å². The van der Waals surface area contributed by atoms with E-state index < -0.39 is 17.7 Å². The molecule has 0 radical (unpaired) electrons. The summed E-state index contributed by atoms with van der Waals surface area (Å²) >= 11 is 3.39. The van der Waals surface area contributed by atoms with Crippen molar-refractivity contribution in [2.24, 2.45) is 0 Å². The van der Waals surface area contributed by atoms with Crippen LogP contribution in [0.2, 0.25) is 0 Å². The lowest BCUT2D eigenvalue weighted by Gasteiger charge is -2.23. The molecule has 1 amide bonds. The summed E-state index contributed by atoms with van der Waals surface area (Å²) < 4.78 is 12.3. The molecule has 1 unspecified atom stereocenters. The lowest BCUT2D eigenvalue weighted by atomic mass is 9.96. The summed E-state index contributed by atoms with van der Waals surface area (Å²) in [4.78, 5) is 27.7. The predicted molar refractivity (Wildman–Crippen MR) is 123 cm³/mol. The molecule has 1 aromatic heterocycles. The molecule has 2 aromatic carbocycles. The summed E-state index contributed by atoms with van der Waals surface area (Å²) in [5.41, 5.74) is 1.97. The van der Waals surface area contributed by atoms with Crippen LogP contribution >= 0.6 is 15.9 Å². The molecular formula is C25H20BrNO5. The summed E-state index contributed by atoms with van der Waals surface area (Å²) in [6.45, 7) is 2.45. The minimum Gasteiger partial charge on any atom is -0.507 e. The van der Waals surface area contributed by atoms with Gasteiger partial charge >= 0.3 is 0 Å². The molecule has 1 N–H and O–H groups in total. The van der Waals surface area contributed by atoms with Gasteiger partial charge in [-0.2, -0.15) is 0 Å². The number of benzene rings is 2. The molecule has 5 rings (SSSR count). The van der Waals surface area contributed by atoms with Crippen LogP contribution in [0.15, 0.2) is 69.1 Å². The number of halogens is 1. The summed E-state index contributed by atoms with van der Waals surface area (Å²) in [6.07, 6.45) is 1.71. The van der Waals surface area contributed by atoms with Gasteiger partial charge < -0.3 is 14.3 Å². The van der Waals surface area contributed by atoms with E-state index in [4.69, 9.17) is 9.15 Å². The molecule has 7 heteroatoms. The average Bonchev–Trinajstić information content (AvgIpc) is 3.34. The smallest absolute Gasteiger partial charge is 0.300 e. The summed E-state index contributed by atoms with van der Waals surface area (Å²) in [5, 5.41) is 11.2. The van der Waals surface area contributed by atoms with E-state index in [9.17, 15) is 14.7 Å². The summed E-state index contributed by atoms with van der Waals surface area (Å²) in [7, 11) is 0. The fourth-order valence-electron chi connectivity index (χ4n) is 4.23. The molecule has 3 aromatic rings. The van der Waals surface area contributed by atoms with Crippen LogP contribution in [0, 0.1) is 6.92 Å². The first kappa shape index (κ1) is 20.6. The summed E-state index contributed by atoms with van der Waals surface area (Å²) in [6, 6.07) is 15.0. The normalized spacial score (nSPS) is 19.7. The van der Waals surface area contributed by atoms with Crippen molar-refractivity contribution in [1.82, 2.24) is 0 Å². The van der Waals surface area contributed by atoms with E-state index in [0.29, 0.717) is 29.4 Å². The Kier molecular flexibility index (Phi) is 5.13. The minimum absolute atomic E-state index is 0.00365. The van der Waals surface area contributed by atoms with Crippen molar-refractivity contribution in [3.05, 3.63) is 87.3 Å². The number of nitrogens with zero attached hydrogens (tertiary/aromatic N) is 1. The first-order chi connectivity index (χ1) is 15.4. The zero-order valence-corrected chi connectivity index (χ0v) is 18.9. The van der Waals surface area contributed by atoms with Crippen molar-refractivity contribution >= 4 is 39.1 Å². The number of aryl methyl sites for hydroxylation is 2. The zero-order chi connectivity index (χ0) is 22.4. The van der Waals surface area contributed by atoms with E-state index in [1.807, 2.05) is 6.07 Å². The number of aliphatic hydroxyl groups is 1. The lowest BCUT2D eigenvalue weighted by Crippen LogP contribution is -2.29. The number of hydrogen-bond donors (Lipinski definition) is 1. The lowest BCUT2D eigenvalue weighted by molar-refractivity contribution is -0.132. The van der Waals surface area contributed by atoms with Crippen molar-refractivity contribution in [1.29, 1.82) is 0 Å². The number of ketones is 1. The Bertz CT molecular complexity index is 1260. The van der Waals surface area contributed by atoms with E-state index in [2.05, 4.69) is 15.9 Å². The Morgan fingerprint density at radius 3 is 2.59 bits per heavy atom. The highest BCUT2D eigenvalue weighted by atomic mass is 79.9. The van der Waals surface area contributed by atoms with Crippen molar-refractivity contribution in [2.45, 2.75) is 25.8 Å². The van der Waals surface area contributed by atoms with Crippen LogP contribution in [0.3, 0.4) is 0 Å². The second-order valence-electron chi connectivity index (χ2n) is 7.87. The molecule has 1 atom stereocenters. The van der Waals surface area contributed by atoms with Crippen LogP contribution in [0.1, 0.15) is 35.1 Å². The van der Waals surface area contributed by atoms with E-state index in [0.717, 1.165) is 28.6 Å². The molecule has 2 aliphatic heterocycles. The van der Waals surface area contributed by atoms with Gasteiger partial charge in [-0.25, -0.2) is 0 Å². The Morgan fingerprint density at radius 1 is 1.09 bits per heavy atom. The van der Waals surface area contributed by atoms with E-state index >= 15 is 0 Å². The van der Waals surface area contributed by atoms with Gasteiger partial charge in [0.15, 0.2) is 0 Å².